The van der Waals surface area contributed by atoms with Gasteiger partial charge in [-0.05, 0) is 11.6 Å². The maximum Gasteiger partial charge on any atom is 0.0932 e. The maximum absolute atomic E-state index is 4.34. The Bertz CT molecular complexity index is 611. The van der Waals surface area contributed by atoms with Crippen LogP contribution >= 0.6 is 0 Å². The van der Waals surface area contributed by atoms with E-state index in [0.29, 0.717) is 0 Å². The van der Waals surface area contributed by atoms with Crippen molar-refractivity contribution in [2.45, 2.75) is 13.0 Å². The van der Waals surface area contributed by atoms with Crippen molar-refractivity contribution in [2.24, 2.45) is 0 Å². The largest absolute Gasteiger partial charge is 0.348 e. The topological polar surface area (TPSA) is 69.4 Å². The zero-order valence-corrected chi connectivity index (χ0v) is 9.98. The van der Waals surface area contributed by atoms with Crippen LogP contribution in [0.5, 0.6) is 0 Å². The lowest BCUT2D eigenvalue weighted by atomic mass is 10.2. The number of hydrogen-bond donors (Lipinski definition) is 3. The van der Waals surface area contributed by atoms with Gasteiger partial charge in [0.25, 0.3) is 0 Å². The molecular formula is C13H15N5. The summed E-state index contributed by atoms with van der Waals surface area (Å²) in [6.07, 6.45) is 6.26. The van der Waals surface area contributed by atoms with Crippen molar-refractivity contribution in [3.05, 3.63) is 48.3 Å². The molecule has 3 N–H and O–H groups in total. The smallest absolute Gasteiger partial charge is 0.0932 e. The summed E-state index contributed by atoms with van der Waals surface area (Å²) in [6.45, 7) is 1.75. The van der Waals surface area contributed by atoms with Crippen LogP contribution in [0.1, 0.15) is 11.3 Å². The Morgan fingerprint density at radius 3 is 3.06 bits per heavy atom. The molecule has 0 fully saturated rings. The lowest BCUT2D eigenvalue weighted by molar-refractivity contribution is 0.683. The van der Waals surface area contributed by atoms with Crippen LogP contribution in [0.15, 0.2) is 37.1 Å². The Kier molecular flexibility index (Phi) is 3.06. The van der Waals surface area contributed by atoms with E-state index >= 15 is 0 Å². The average Bonchev–Trinajstić information content (AvgIpc) is 3.05. The highest BCUT2D eigenvalue weighted by Crippen LogP contribution is 2.13. The predicted octanol–water partition coefficient (Wildman–Crippen LogP) is 1.62. The second-order valence-corrected chi connectivity index (χ2v) is 4.22. The van der Waals surface area contributed by atoms with Crippen molar-refractivity contribution in [1.82, 2.24) is 25.3 Å². The number of para-hydroxylation sites is 1. The summed E-state index contributed by atoms with van der Waals surface area (Å²) in [5.41, 5.74) is 4.51. The summed E-state index contributed by atoms with van der Waals surface area (Å²) in [6, 6.07) is 6.19. The first-order valence-corrected chi connectivity index (χ1v) is 6.02. The summed E-state index contributed by atoms with van der Waals surface area (Å²) >= 11 is 0. The zero-order valence-electron chi connectivity index (χ0n) is 9.98. The van der Waals surface area contributed by atoms with Gasteiger partial charge in [0.05, 0.1) is 23.7 Å². The van der Waals surface area contributed by atoms with Crippen LogP contribution < -0.4 is 5.32 Å². The molecule has 2 aromatic heterocycles. The van der Waals surface area contributed by atoms with Crippen LogP contribution in [0.4, 0.5) is 0 Å². The van der Waals surface area contributed by atoms with Gasteiger partial charge in [-0.3, -0.25) is 0 Å². The Hall–Kier alpha value is -2.14. The minimum absolute atomic E-state index is 0.830. The van der Waals surface area contributed by atoms with Gasteiger partial charge in [-0.15, -0.1) is 0 Å². The lowest BCUT2D eigenvalue weighted by Gasteiger charge is -2.04. The molecule has 5 heteroatoms. The van der Waals surface area contributed by atoms with E-state index in [1.807, 2.05) is 18.3 Å². The highest BCUT2D eigenvalue weighted by atomic mass is 14.9. The summed E-state index contributed by atoms with van der Waals surface area (Å²) in [5.74, 6) is 0. The van der Waals surface area contributed by atoms with E-state index in [0.717, 1.165) is 36.2 Å². The van der Waals surface area contributed by atoms with Crippen molar-refractivity contribution in [1.29, 1.82) is 0 Å². The minimum atomic E-state index is 0.830. The van der Waals surface area contributed by atoms with Crippen molar-refractivity contribution in [3.63, 3.8) is 0 Å². The third kappa shape index (κ3) is 2.26. The average molecular weight is 241 g/mol. The van der Waals surface area contributed by atoms with E-state index in [1.54, 1.807) is 12.7 Å². The van der Waals surface area contributed by atoms with Crippen LogP contribution in [0.25, 0.3) is 11.0 Å². The number of benzene rings is 1. The van der Waals surface area contributed by atoms with E-state index in [2.05, 4.69) is 31.3 Å². The number of nitrogens with one attached hydrogen (secondary N) is 3. The Balaban J connectivity index is 1.58. The molecule has 0 amide bonds. The molecule has 0 spiro atoms. The number of rotatable bonds is 5. The van der Waals surface area contributed by atoms with Crippen LogP contribution in [0.2, 0.25) is 0 Å². The molecule has 0 radical (unpaired) electrons. The van der Waals surface area contributed by atoms with Crippen LogP contribution in [-0.2, 0) is 13.0 Å². The monoisotopic (exact) mass is 241 g/mol. The van der Waals surface area contributed by atoms with E-state index < -0.39 is 0 Å². The molecule has 0 aliphatic rings. The number of nitrogens with zero attached hydrogens (tertiary/aromatic N) is 2. The van der Waals surface area contributed by atoms with E-state index in [-0.39, 0.29) is 0 Å². The highest BCUT2D eigenvalue weighted by Gasteiger charge is 2.02. The predicted molar refractivity (Wildman–Crippen MR) is 70.1 cm³/mol. The van der Waals surface area contributed by atoms with Gasteiger partial charge in [-0.1, -0.05) is 12.1 Å². The number of imidazole rings is 2. The number of H-pyrrole nitrogens is 2. The maximum atomic E-state index is 4.34. The van der Waals surface area contributed by atoms with Gasteiger partial charge in [0.2, 0.25) is 0 Å². The van der Waals surface area contributed by atoms with Crippen molar-refractivity contribution in [2.75, 3.05) is 6.54 Å². The summed E-state index contributed by atoms with van der Waals surface area (Å²) in [5, 5.41) is 3.42. The van der Waals surface area contributed by atoms with Crippen LogP contribution in [0.3, 0.4) is 0 Å². The van der Waals surface area contributed by atoms with Gasteiger partial charge < -0.3 is 15.3 Å². The second kappa shape index (κ2) is 5.01. The molecule has 0 saturated carbocycles. The molecule has 18 heavy (non-hydrogen) atoms. The molecule has 0 aliphatic heterocycles. The summed E-state index contributed by atoms with van der Waals surface area (Å²) in [4.78, 5) is 14.5. The number of aromatic nitrogens is 4. The van der Waals surface area contributed by atoms with Gasteiger partial charge >= 0.3 is 0 Å². The van der Waals surface area contributed by atoms with Gasteiger partial charge in [0.1, 0.15) is 0 Å². The number of fused-ring (bicyclic) bond motifs is 1. The molecule has 1 aromatic carbocycles. The second-order valence-electron chi connectivity index (χ2n) is 4.22. The molecular weight excluding hydrogens is 226 g/mol. The number of aromatic amines is 2. The van der Waals surface area contributed by atoms with Crippen molar-refractivity contribution >= 4 is 11.0 Å². The van der Waals surface area contributed by atoms with E-state index in [9.17, 15) is 0 Å². The summed E-state index contributed by atoms with van der Waals surface area (Å²) < 4.78 is 0. The van der Waals surface area contributed by atoms with Crippen molar-refractivity contribution in [3.8, 4) is 0 Å². The molecule has 0 unspecified atom stereocenters. The summed E-state index contributed by atoms with van der Waals surface area (Å²) in [7, 11) is 0. The molecule has 3 aromatic rings. The Morgan fingerprint density at radius 2 is 2.17 bits per heavy atom. The standard InChI is InChI=1S/C13H15N5/c1-2-10(13-12(3-1)17-9-18-13)6-14-5-4-11-7-15-8-16-11/h1-3,7-9,14H,4-6H2,(H,15,16)(H,17,18). The molecule has 5 nitrogen and oxygen atoms in total. The number of hydrogen-bond acceptors (Lipinski definition) is 3. The lowest BCUT2D eigenvalue weighted by Crippen LogP contribution is -2.17. The van der Waals surface area contributed by atoms with Crippen LogP contribution in [-0.4, -0.2) is 26.5 Å². The zero-order chi connectivity index (χ0) is 12.2. The molecule has 0 aliphatic carbocycles. The van der Waals surface area contributed by atoms with E-state index in [4.69, 9.17) is 0 Å². The molecule has 92 valence electrons. The van der Waals surface area contributed by atoms with E-state index in [1.165, 1.54) is 5.56 Å². The fraction of sp³-hybridized carbons (Fsp3) is 0.231. The highest BCUT2D eigenvalue weighted by molar-refractivity contribution is 5.77. The Morgan fingerprint density at radius 1 is 1.17 bits per heavy atom. The molecule has 3 rings (SSSR count). The van der Waals surface area contributed by atoms with Gasteiger partial charge in [-0.25, -0.2) is 9.97 Å². The van der Waals surface area contributed by atoms with Crippen LogP contribution in [0, 0.1) is 0 Å². The SMILES string of the molecule is c1cc(CNCCc2cnc[nH]2)c2nc[nH]c2c1. The minimum Gasteiger partial charge on any atom is -0.348 e. The third-order valence-electron chi connectivity index (χ3n) is 2.97. The third-order valence-corrected chi connectivity index (χ3v) is 2.97. The first-order valence-electron chi connectivity index (χ1n) is 6.02. The molecule has 0 atom stereocenters. The van der Waals surface area contributed by atoms with Gasteiger partial charge in [0, 0.05) is 31.4 Å². The fourth-order valence-corrected chi connectivity index (χ4v) is 2.04. The Labute approximate surface area is 105 Å². The first-order chi connectivity index (χ1) is 8.93. The normalized spacial score (nSPS) is 11.1. The molecule has 0 bridgehead atoms. The quantitative estimate of drug-likeness (QED) is 0.594. The fourth-order valence-electron chi connectivity index (χ4n) is 2.04. The van der Waals surface area contributed by atoms with Gasteiger partial charge in [-0.2, -0.15) is 0 Å². The van der Waals surface area contributed by atoms with Crippen molar-refractivity contribution < 1.29 is 0 Å². The molecule has 0 saturated heterocycles. The molecule has 2 heterocycles. The van der Waals surface area contributed by atoms with Gasteiger partial charge in [0.15, 0.2) is 0 Å². The first kappa shape index (κ1) is 11.0.